The summed E-state index contributed by atoms with van der Waals surface area (Å²) in [6.07, 6.45) is 1.66. The van der Waals surface area contributed by atoms with Crippen LogP contribution in [0.1, 0.15) is 23.5 Å². The minimum atomic E-state index is -3.49. The Balaban J connectivity index is 1.55. The number of carbonyl (C=O) groups is 1. The van der Waals surface area contributed by atoms with Crippen LogP contribution in [0.5, 0.6) is 5.75 Å². The molecule has 0 heterocycles. The highest BCUT2D eigenvalue weighted by Gasteiger charge is 2.44. The molecule has 0 aromatic heterocycles. The van der Waals surface area contributed by atoms with Crippen LogP contribution in [-0.4, -0.2) is 20.6 Å². The molecule has 0 bridgehead atoms. The Kier molecular flexibility index (Phi) is 4.57. The zero-order valence-corrected chi connectivity index (χ0v) is 14.1. The lowest BCUT2D eigenvalue weighted by Crippen LogP contribution is -2.30. The molecule has 1 amide bonds. The van der Waals surface area contributed by atoms with Crippen LogP contribution in [0, 0.1) is 5.92 Å². The Hall–Kier alpha value is -2.34. The molecule has 2 aromatic rings. The Labute approximate surface area is 141 Å². The van der Waals surface area contributed by atoms with Gasteiger partial charge in [0.25, 0.3) is 0 Å². The van der Waals surface area contributed by atoms with Crippen molar-refractivity contribution >= 4 is 15.9 Å². The van der Waals surface area contributed by atoms with E-state index in [4.69, 9.17) is 4.74 Å². The molecule has 5 nitrogen and oxygen atoms in total. The van der Waals surface area contributed by atoms with Gasteiger partial charge >= 0.3 is 0 Å². The predicted octanol–water partition coefficient (Wildman–Crippen LogP) is 2.44. The van der Waals surface area contributed by atoms with E-state index in [1.54, 1.807) is 0 Å². The first-order chi connectivity index (χ1) is 11.4. The second-order valence-corrected chi connectivity index (χ2v) is 7.78. The smallest absolute Gasteiger partial charge is 0.237 e. The molecule has 1 N–H and O–H groups in total. The molecule has 1 fully saturated rings. The monoisotopic (exact) mass is 345 g/mol. The average molecular weight is 345 g/mol. The van der Waals surface area contributed by atoms with Gasteiger partial charge in [-0.15, -0.1) is 0 Å². The number of benzene rings is 2. The third-order valence-electron chi connectivity index (χ3n) is 3.97. The summed E-state index contributed by atoms with van der Waals surface area (Å²) in [7, 11) is -3.49. The van der Waals surface area contributed by atoms with Gasteiger partial charge in [0, 0.05) is 5.92 Å². The highest BCUT2D eigenvalue weighted by Crippen LogP contribution is 2.47. The summed E-state index contributed by atoms with van der Waals surface area (Å²) in [6.45, 7) is 0.503. The summed E-state index contributed by atoms with van der Waals surface area (Å²) in [6, 6.07) is 17.5. The summed E-state index contributed by atoms with van der Waals surface area (Å²) >= 11 is 0. The van der Waals surface area contributed by atoms with Gasteiger partial charge in [-0.1, -0.05) is 42.5 Å². The lowest BCUT2D eigenvalue weighted by Gasteiger charge is -2.07. The molecule has 1 aliphatic carbocycles. The molecular formula is C18H19NO4S. The molecule has 0 radical (unpaired) electrons. The van der Waals surface area contributed by atoms with Crippen LogP contribution in [0.25, 0.3) is 0 Å². The normalized spacial score (nSPS) is 19.5. The first-order valence-electron chi connectivity index (χ1n) is 7.71. The van der Waals surface area contributed by atoms with Crippen LogP contribution in [0.2, 0.25) is 0 Å². The molecular weight excluding hydrogens is 326 g/mol. The van der Waals surface area contributed by atoms with E-state index in [-0.39, 0.29) is 11.8 Å². The van der Waals surface area contributed by atoms with Gasteiger partial charge in [0.1, 0.15) is 12.4 Å². The largest absolute Gasteiger partial charge is 0.489 e. The molecule has 126 valence electrons. The summed E-state index contributed by atoms with van der Waals surface area (Å²) in [5.41, 5.74) is 2.12. The highest BCUT2D eigenvalue weighted by atomic mass is 32.2. The third kappa shape index (κ3) is 4.35. The summed E-state index contributed by atoms with van der Waals surface area (Å²) in [4.78, 5) is 11.8. The van der Waals surface area contributed by atoms with E-state index in [2.05, 4.69) is 0 Å². The van der Waals surface area contributed by atoms with Crippen molar-refractivity contribution in [3.8, 4) is 5.75 Å². The van der Waals surface area contributed by atoms with Crippen LogP contribution in [0.4, 0.5) is 0 Å². The van der Waals surface area contributed by atoms with Crippen molar-refractivity contribution in [1.82, 2.24) is 4.72 Å². The van der Waals surface area contributed by atoms with Crippen LogP contribution in [-0.2, 0) is 21.4 Å². The van der Waals surface area contributed by atoms with E-state index in [9.17, 15) is 13.2 Å². The van der Waals surface area contributed by atoms with Gasteiger partial charge in [-0.25, -0.2) is 8.42 Å². The fraction of sp³-hybridized carbons (Fsp3) is 0.278. The number of sulfonamides is 1. The summed E-state index contributed by atoms with van der Waals surface area (Å²) in [5, 5.41) is 0. The molecule has 24 heavy (non-hydrogen) atoms. The van der Waals surface area contributed by atoms with Crippen molar-refractivity contribution in [3.05, 3.63) is 65.7 Å². The van der Waals surface area contributed by atoms with Gasteiger partial charge in [-0.3, -0.25) is 9.52 Å². The Morgan fingerprint density at radius 3 is 2.42 bits per heavy atom. The van der Waals surface area contributed by atoms with Crippen LogP contribution < -0.4 is 9.46 Å². The molecule has 0 saturated heterocycles. The SMILES string of the molecule is CS(=O)(=O)NC(=O)[C@@H]1C[C@H]1c1ccc(OCc2ccccc2)cc1. The number of amides is 1. The first-order valence-corrected chi connectivity index (χ1v) is 9.60. The van der Waals surface area contributed by atoms with Gasteiger partial charge in [0.05, 0.1) is 6.26 Å². The summed E-state index contributed by atoms with van der Waals surface area (Å²) in [5.74, 6) is 0.151. The fourth-order valence-corrected chi connectivity index (χ4v) is 3.18. The molecule has 1 aliphatic rings. The topological polar surface area (TPSA) is 72.5 Å². The van der Waals surface area contributed by atoms with E-state index >= 15 is 0 Å². The maximum absolute atomic E-state index is 11.8. The fourth-order valence-electron chi connectivity index (χ4n) is 2.66. The molecule has 2 atom stereocenters. The number of hydrogen-bond donors (Lipinski definition) is 1. The minimum Gasteiger partial charge on any atom is -0.489 e. The standard InChI is InChI=1S/C18H19NO4S/c1-24(21,22)19-18(20)17-11-16(17)14-7-9-15(10-8-14)23-12-13-5-3-2-4-6-13/h2-10,16-17H,11-12H2,1H3,(H,19,20)/t16-,17+/m0/s1. The maximum Gasteiger partial charge on any atom is 0.237 e. The highest BCUT2D eigenvalue weighted by molar-refractivity contribution is 7.89. The Morgan fingerprint density at radius 2 is 1.79 bits per heavy atom. The van der Waals surface area contributed by atoms with Crippen LogP contribution in [0.3, 0.4) is 0 Å². The Bertz CT molecular complexity index is 816. The second kappa shape index (κ2) is 6.65. The molecule has 0 unspecified atom stereocenters. The second-order valence-electron chi connectivity index (χ2n) is 6.03. The molecule has 0 aliphatic heterocycles. The van der Waals surface area contributed by atoms with Gasteiger partial charge < -0.3 is 4.74 Å². The van der Waals surface area contributed by atoms with Gasteiger partial charge in [-0.05, 0) is 35.6 Å². The number of hydrogen-bond acceptors (Lipinski definition) is 4. The number of ether oxygens (including phenoxy) is 1. The molecule has 6 heteroatoms. The molecule has 1 saturated carbocycles. The van der Waals surface area contributed by atoms with Crippen LogP contribution in [0.15, 0.2) is 54.6 Å². The Morgan fingerprint density at radius 1 is 1.12 bits per heavy atom. The van der Waals surface area contributed by atoms with Crippen molar-refractivity contribution < 1.29 is 17.9 Å². The van der Waals surface area contributed by atoms with Crippen LogP contribution >= 0.6 is 0 Å². The quantitative estimate of drug-likeness (QED) is 0.873. The van der Waals surface area contributed by atoms with E-state index in [1.165, 1.54) is 0 Å². The zero-order valence-electron chi connectivity index (χ0n) is 13.3. The minimum absolute atomic E-state index is 0.0786. The number of rotatable bonds is 6. The number of carbonyl (C=O) groups excluding carboxylic acids is 1. The molecule has 3 rings (SSSR count). The first kappa shape index (κ1) is 16.5. The maximum atomic E-state index is 11.8. The predicted molar refractivity (Wildman–Crippen MR) is 91.1 cm³/mol. The lowest BCUT2D eigenvalue weighted by molar-refractivity contribution is -0.120. The van der Waals surface area contributed by atoms with Crippen molar-refractivity contribution in [2.75, 3.05) is 6.26 Å². The van der Waals surface area contributed by atoms with Crippen molar-refractivity contribution in [2.45, 2.75) is 18.9 Å². The third-order valence-corrected chi connectivity index (χ3v) is 4.54. The van der Waals surface area contributed by atoms with Gasteiger partial charge in [0.15, 0.2) is 0 Å². The van der Waals surface area contributed by atoms with E-state index in [0.717, 1.165) is 23.1 Å². The molecule has 0 spiro atoms. The van der Waals surface area contributed by atoms with Crippen molar-refractivity contribution in [3.63, 3.8) is 0 Å². The van der Waals surface area contributed by atoms with E-state index in [1.807, 2.05) is 59.3 Å². The average Bonchev–Trinajstić information content (AvgIpc) is 3.34. The zero-order chi connectivity index (χ0) is 17.2. The van der Waals surface area contributed by atoms with E-state index in [0.29, 0.717) is 13.0 Å². The van der Waals surface area contributed by atoms with E-state index < -0.39 is 15.9 Å². The van der Waals surface area contributed by atoms with Crippen molar-refractivity contribution in [1.29, 1.82) is 0 Å². The molecule has 2 aromatic carbocycles. The van der Waals surface area contributed by atoms with Gasteiger partial charge in [-0.2, -0.15) is 0 Å². The summed E-state index contributed by atoms with van der Waals surface area (Å²) < 4.78 is 30.0. The lowest BCUT2D eigenvalue weighted by atomic mass is 10.1. The van der Waals surface area contributed by atoms with Crippen molar-refractivity contribution in [2.24, 2.45) is 5.92 Å². The number of nitrogens with one attached hydrogen (secondary N) is 1. The van der Waals surface area contributed by atoms with Gasteiger partial charge in [0.2, 0.25) is 15.9 Å².